The maximum absolute atomic E-state index is 13.7. The third kappa shape index (κ3) is 8.23. The summed E-state index contributed by atoms with van der Waals surface area (Å²) >= 11 is 7.52. The first-order chi connectivity index (χ1) is 24.7. The number of aliphatic carboxylic acids is 1. The lowest BCUT2D eigenvalue weighted by molar-refractivity contribution is -0.147. The largest absolute Gasteiger partial charge is 0.549 e. The Labute approximate surface area is 307 Å². The Morgan fingerprint density at radius 3 is 2.58 bits per heavy atom. The van der Waals surface area contributed by atoms with Gasteiger partial charge >= 0.3 is 24.1 Å². The number of hydrogen-bond donors (Lipinski definition) is 4. The van der Waals surface area contributed by atoms with Crippen molar-refractivity contribution < 1.29 is 50.6 Å². The minimum absolute atomic E-state index is 0.0497. The number of carbonyl (C=O) groups is 2. The zero-order valence-electron chi connectivity index (χ0n) is 27.6. The highest BCUT2D eigenvalue weighted by Gasteiger charge is 2.49. The fraction of sp³-hybridized carbons (Fsp3) is 0.333. The summed E-state index contributed by atoms with van der Waals surface area (Å²) in [6.07, 6.45) is 5.21. The number of aromatic nitrogens is 2. The van der Waals surface area contributed by atoms with Crippen LogP contribution in [0.1, 0.15) is 74.2 Å². The molecular formula is C33H34ClN4O11PS2. The van der Waals surface area contributed by atoms with E-state index in [-0.39, 0.29) is 22.7 Å². The van der Waals surface area contributed by atoms with Crippen molar-refractivity contribution in [3.63, 3.8) is 0 Å². The molecule has 0 saturated heterocycles. The molecule has 2 aromatic heterocycles. The number of hydrogen-bond acceptors (Lipinski definition) is 13. The summed E-state index contributed by atoms with van der Waals surface area (Å²) in [4.78, 5) is 46.1. The molecule has 1 fully saturated rings. The second-order valence-corrected chi connectivity index (χ2v) is 16.6. The monoisotopic (exact) mass is 792 g/mol. The number of carbonyl (C=O) groups excluding carboxylic acids is 1. The van der Waals surface area contributed by atoms with Crippen molar-refractivity contribution in [1.82, 2.24) is 9.97 Å². The molecule has 1 unspecified atom stereocenters. The number of phosphoric acid groups is 1. The summed E-state index contributed by atoms with van der Waals surface area (Å²) in [5.41, 5.74) is 3.46. The number of carboxylic acids is 1. The van der Waals surface area contributed by atoms with E-state index >= 15 is 0 Å². The van der Waals surface area contributed by atoms with E-state index in [1.165, 1.54) is 41.8 Å². The zero-order chi connectivity index (χ0) is 37.3. The van der Waals surface area contributed by atoms with Crippen molar-refractivity contribution in [2.75, 3.05) is 18.7 Å². The molecule has 3 heterocycles. The highest BCUT2D eigenvalue weighted by molar-refractivity contribution is 7.84. The average molecular weight is 793 g/mol. The van der Waals surface area contributed by atoms with Crippen LogP contribution in [-0.2, 0) is 45.0 Å². The number of nitrogens with one attached hydrogen (secondary N) is 1. The number of phosphoric ester groups is 1. The molecule has 0 radical (unpaired) electrons. The molecule has 0 amide bonds. The minimum Gasteiger partial charge on any atom is -0.481 e. The molecule has 15 nitrogen and oxygen atoms in total. The first kappa shape index (κ1) is 38.0. The molecule has 276 valence electrons. The quantitative estimate of drug-likeness (QED) is 0.0688. The van der Waals surface area contributed by atoms with Crippen LogP contribution in [0.5, 0.6) is 5.75 Å². The second kappa shape index (κ2) is 15.3. The number of ketones is 1. The molecule has 1 saturated carbocycles. The molecule has 52 heavy (non-hydrogen) atoms. The van der Waals surface area contributed by atoms with E-state index in [0.29, 0.717) is 29.3 Å². The summed E-state index contributed by atoms with van der Waals surface area (Å²) in [7, 11) is -9.39. The van der Waals surface area contributed by atoms with E-state index in [0.717, 1.165) is 47.2 Å². The Hall–Kier alpha value is -3.77. The molecule has 19 heteroatoms. The zero-order valence-corrected chi connectivity index (χ0v) is 30.8. The predicted molar refractivity (Wildman–Crippen MR) is 189 cm³/mol. The molecule has 0 spiro atoms. The van der Waals surface area contributed by atoms with Gasteiger partial charge in [0.1, 0.15) is 23.6 Å². The number of aryl methyl sites for hydroxylation is 1. The molecule has 2 aromatic carbocycles. The van der Waals surface area contributed by atoms with Gasteiger partial charge in [-0.2, -0.15) is 13.0 Å². The lowest BCUT2D eigenvalue weighted by Gasteiger charge is -2.35. The summed E-state index contributed by atoms with van der Waals surface area (Å²) in [6, 6.07) is 12.6. The fourth-order valence-corrected chi connectivity index (χ4v) is 8.87. The molecular weight excluding hydrogens is 759 g/mol. The minimum atomic E-state index is -4.93. The Kier molecular flexibility index (Phi) is 11.2. The van der Waals surface area contributed by atoms with Gasteiger partial charge in [-0.05, 0) is 84.7 Å². The molecule has 5 N–H and O–H groups in total. The fourth-order valence-electron chi connectivity index (χ4n) is 6.71. The van der Waals surface area contributed by atoms with Crippen LogP contribution in [0.25, 0.3) is 0 Å². The van der Waals surface area contributed by atoms with Crippen molar-refractivity contribution in [1.29, 1.82) is 0 Å². The Morgan fingerprint density at radius 1 is 1.15 bits per heavy atom. The van der Waals surface area contributed by atoms with Crippen LogP contribution in [0.15, 0.2) is 61.1 Å². The highest BCUT2D eigenvalue weighted by Crippen LogP contribution is 2.47. The molecule has 4 aromatic rings. The molecule has 0 bridgehead atoms. The van der Waals surface area contributed by atoms with E-state index in [9.17, 15) is 32.6 Å². The van der Waals surface area contributed by atoms with Gasteiger partial charge in [0.2, 0.25) is 5.78 Å². The van der Waals surface area contributed by atoms with Crippen molar-refractivity contribution in [3.8, 4) is 5.75 Å². The van der Waals surface area contributed by atoms with Crippen molar-refractivity contribution >= 4 is 58.6 Å². The first-order valence-electron chi connectivity index (χ1n) is 16.0. The van der Waals surface area contributed by atoms with Crippen molar-refractivity contribution in [2.45, 2.75) is 50.5 Å². The van der Waals surface area contributed by atoms with Gasteiger partial charge in [0, 0.05) is 16.1 Å². The smallest absolute Gasteiger partial charge is 0.481 e. The maximum atomic E-state index is 13.7. The van der Waals surface area contributed by atoms with Gasteiger partial charge < -0.3 is 14.4 Å². The van der Waals surface area contributed by atoms with Crippen LogP contribution in [-0.4, -0.2) is 53.4 Å². The van der Waals surface area contributed by atoms with Crippen molar-refractivity contribution in [2.24, 2.45) is 11.1 Å². The summed E-state index contributed by atoms with van der Waals surface area (Å²) < 4.78 is 57.2. The number of nitrogens with two attached hydrogens (primary N) is 1. The van der Waals surface area contributed by atoms with E-state index in [1.54, 1.807) is 6.07 Å². The SMILES string of the molecule is Cc1sc(C(=O)c2cncnc2NOP(=O)(O)Oc2ccc([C@](COS(N)(=O)=O)(C(=O)O)C3CCCC3)cc2)cc1[C@@H]1OCCc2ccc(Cl)cc21. The number of halogens is 1. The van der Waals surface area contributed by atoms with Gasteiger partial charge in [-0.1, -0.05) is 42.6 Å². The Balaban J connectivity index is 1.17. The summed E-state index contributed by atoms with van der Waals surface area (Å²) in [5.74, 6) is -2.62. The van der Waals surface area contributed by atoms with Gasteiger partial charge in [-0.15, -0.1) is 11.3 Å². The van der Waals surface area contributed by atoms with Crippen LogP contribution in [0.3, 0.4) is 0 Å². The number of anilines is 1. The molecule has 3 atom stereocenters. The third-order valence-electron chi connectivity index (χ3n) is 9.20. The number of rotatable bonds is 14. The van der Waals surface area contributed by atoms with E-state index in [4.69, 9.17) is 34.8 Å². The van der Waals surface area contributed by atoms with Crippen molar-refractivity contribution in [3.05, 3.63) is 104 Å². The van der Waals surface area contributed by atoms with Gasteiger partial charge in [-0.3, -0.25) is 18.7 Å². The lowest BCUT2D eigenvalue weighted by Crippen LogP contribution is -2.47. The Morgan fingerprint density at radius 2 is 1.88 bits per heavy atom. The Bertz CT molecular complexity index is 2150. The molecule has 6 rings (SSSR count). The molecule has 1 aliphatic heterocycles. The predicted octanol–water partition coefficient (Wildman–Crippen LogP) is 5.65. The van der Waals surface area contributed by atoms with Gasteiger partial charge in [0.25, 0.3) is 0 Å². The highest BCUT2D eigenvalue weighted by atomic mass is 35.5. The van der Waals surface area contributed by atoms with Gasteiger partial charge in [-0.25, -0.2) is 25.2 Å². The van der Waals surface area contributed by atoms with Crippen LogP contribution in [0.4, 0.5) is 5.82 Å². The first-order valence-corrected chi connectivity index (χ1v) is 20.2. The summed E-state index contributed by atoms with van der Waals surface area (Å²) in [5, 5.41) is 15.9. The standard InChI is InChI=1S/C33H34ClN4O11PS2/c1-19-25(30-26-14-23(34)9-6-20(26)12-13-46-30)15-28(51-19)29(39)27-16-36-18-37-31(27)38-49-50(42,43)48-24-10-7-22(8-11-24)33(32(40)41,17-47-52(35,44)45)21-4-2-3-5-21/h6-11,14-16,18,21,30H,2-5,12-13,17H2,1H3,(H,40,41)(H,42,43)(H2,35,44,45)(H,36,37,38)/t30-,33+/m0/s1. The van der Waals surface area contributed by atoms with Gasteiger partial charge in [0.15, 0.2) is 5.82 Å². The topological polar surface area (TPSA) is 227 Å². The van der Waals surface area contributed by atoms with E-state index in [1.807, 2.05) is 25.1 Å². The summed E-state index contributed by atoms with van der Waals surface area (Å²) in [6.45, 7) is 1.65. The second-order valence-electron chi connectivity index (χ2n) is 12.4. The number of carboxylic acid groups (broad SMARTS) is 1. The van der Waals surface area contributed by atoms with Crippen LogP contribution in [0.2, 0.25) is 5.02 Å². The van der Waals surface area contributed by atoms with E-state index in [2.05, 4.69) is 15.4 Å². The normalized spacial score (nSPS) is 18.6. The number of nitrogens with zero attached hydrogens (tertiary/aromatic N) is 2. The van der Waals surface area contributed by atoms with Crippen LogP contribution >= 0.6 is 30.8 Å². The number of fused-ring (bicyclic) bond motifs is 1. The molecule has 2 aliphatic rings. The van der Waals surface area contributed by atoms with E-state index < -0.39 is 53.9 Å². The lowest BCUT2D eigenvalue weighted by atomic mass is 9.70. The van der Waals surface area contributed by atoms with Crippen LogP contribution < -0.4 is 15.1 Å². The number of benzene rings is 2. The van der Waals surface area contributed by atoms with Gasteiger partial charge in [0.05, 0.1) is 23.7 Å². The van der Waals surface area contributed by atoms with Crippen LogP contribution in [0, 0.1) is 12.8 Å². The third-order valence-corrected chi connectivity index (χ3v) is 11.7. The number of ether oxygens (including phenoxy) is 1. The average Bonchev–Trinajstić information content (AvgIpc) is 3.78. The maximum Gasteiger partial charge on any atom is 0.549 e. The number of thiophene rings is 1. The molecule has 1 aliphatic carbocycles.